The van der Waals surface area contributed by atoms with E-state index in [4.69, 9.17) is 47.4 Å². The molecule has 0 bridgehead atoms. The molecule has 2 spiro atoms. The summed E-state index contributed by atoms with van der Waals surface area (Å²) in [5, 5.41) is 0. The number of ether oxygens (including phenoxy) is 10. The van der Waals surface area contributed by atoms with E-state index in [2.05, 4.69) is 0 Å². The minimum atomic E-state index is -2.16. The summed E-state index contributed by atoms with van der Waals surface area (Å²) < 4.78 is 62.6. The summed E-state index contributed by atoms with van der Waals surface area (Å²) in [6.07, 6.45) is -9.50. The Morgan fingerprint density at radius 3 is 0.786 bits per heavy atom. The summed E-state index contributed by atoms with van der Waals surface area (Å²) in [7, 11) is 0. The number of carbonyl (C=O) groups is 6. The molecule has 3 fully saturated rings. The van der Waals surface area contributed by atoms with E-state index in [9.17, 15) is 28.8 Å². The molecule has 70 heavy (non-hydrogen) atoms. The first-order chi connectivity index (χ1) is 34.1. The largest absolute Gasteiger partial charge is 0.452 e. The Balaban J connectivity index is 1.09. The van der Waals surface area contributed by atoms with Gasteiger partial charge in [-0.15, -0.1) is 0 Å². The molecular weight excluding hydrogens is 905 g/mol. The van der Waals surface area contributed by atoms with Crippen LogP contribution in [0.2, 0.25) is 0 Å². The molecule has 8 atom stereocenters. The Morgan fingerprint density at radius 1 is 0.314 bits per heavy atom. The third-order valence-electron chi connectivity index (χ3n) is 11.7. The molecule has 0 aromatic heterocycles. The van der Waals surface area contributed by atoms with E-state index < -0.39 is 110 Å². The van der Waals surface area contributed by atoms with Crippen molar-refractivity contribution in [2.75, 3.05) is 26.4 Å². The first-order valence-corrected chi connectivity index (χ1v) is 22.2. The SMILES string of the molecule is O=C(O[C@@H]1[C@H](OC(=O)c2ccccc2)CO[C@]2(CO[C@@]3(CO2)OC[C@@H](OC(=O)c2ccccc2)[C@@H](OC(=O)c2ccccc2)[C@@H]3OC(=O)c2ccccc2)[C@H]1OC(=O)c1ccccc1)c1ccccc1. The normalized spacial score (nSPS) is 24.9. The van der Waals surface area contributed by atoms with Crippen LogP contribution in [0.5, 0.6) is 0 Å². The second kappa shape index (κ2) is 21.1. The standard InChI is InChI=1S/C54H44O16/c55-47(35-19-7-1-8-20-35)65-41-31-61-53(45(69-51(59)39-27-15-5-16-28-39)43(41)67-49(57)37-23-11-3-12-24-37)33-64-54(34-63-53)46(70-52(60)40-29-17-6-18-30-40)44(68-50(58)38-25-13-4-14-26-38)42(32-62-54)66-48(56)36-21-9-2-10-22-36/h1-30,41-46H,31-34H2/t41-,42-,43-,44-,45+,46+,53-,54+/m1/s1. The van der Waals surface area contributed by atoms with E-state index in [0.29, 0.717) is 0 Å². The van der Waals surface area contributed by atoms with Crippen LogP contribution in [0.1, 0.15) is 62.1 Å². The lowest BCUT2D eigenvalue weighted by Gasteiger charge is -2.55. The number of hydrogen-bond donors (Lipinski definition) is 0. The summed E-state index contributed by atoms with van der Waals surface area (Å²) in [4.78, 5) is 83.3. The number of rotatable bonds is 12. The molecule has 0 amide bonds. The van der Waals surface area contributed by atoms with Gasteiger partial charge in [-0.1, -0.05) is 109 Å². The van der Waals surface area contributed by atoms with Crippen LogP contribution in [0.4, 0.5) is 0 Å². The summed E-state index contributed by atoms with van der Waals surface area (Å²) in [5.41, 5.74) is 0.806. The predicted molar refractivity (Wildman–Crippen MR) is 243 cm³/mol. The van der Waals surface area contributed by atoms with Crippen LogP contribution in [0.25, 0.3) is 0 Å². The molecule has 6 aromatic rings. The van der Waals surface area contributed by atoms with E-state index in [1.807, 2.05) is 0 Å². The predicted octanol–water partition coefficient (Wildman–Crippen LogP) is 6.84. The molecule has 3 aliphatic heterocycles. The van der Waals surface area contributed by atoms with E-state index in [-0.39, 0.29) is 33.4 Å². The van der Waals surface area contributed by atoms with Crippen LogP contribution in [-0.2, 0) is 47.4 Å². The molecule has 0 aliphatic carbocycles. The highest BCUT2D eigenvalue weighted by molar-refractivity contribution is 5.92. The molecule has 3 saturated heterocycles. The Hall–Kier alpha value is -8.02. The van der Waals surface area contributed by atoms with Crippen LogP contribution in [-0.4, -0.2) is 110 Å². The molecule has 3 aliphatic rings. The molecule has 356 valence electrons. The zero-order chi connectivity index (χ0) is 48.5. The Bertz CT molecular complexity index is 2580. The van der Waals surface area contributed by atoms with Crippen molar-refractivity contribution in [3.05, 3.63) is 215 Å². The Morgan fingerprint density at radius 2 is 0.543 bits per heavy atom. The third kappa shape index (κ3) is 10.4. The molecule has 0 radical (unpaired) electrons. The Labute approximate surface area is 400 Å². The fraction of sp³-hybridized carbons (Fsp3) is 0.222. The van der Waals surface area contributed by atoms with Gasteiger partial charge in [0.1, 0.15) is 13.2 Å². The number of carbonyl (C=O) groups excluding carboxylic acids is 6. The van der Waals surface area contributed by atoms with Crippen molar-refractivity contribution < 1.29 is 76.1 Å². The number of hydrogen-bond acceptors (Lipinski definition) is 16. The topological polar surface area (TPSA) is 195 Å². The van der Waals surface area contributed by atoms with Crippen molar-refractivity contribution in [1.29, 1.82) is 0 Å². The van der Waals surface area contributed by atoms with Crippen LogP contribution in [0.3, 0.4) is 0 Å². The van der Waals surface area contributed by atoms with Gasteiger partial charge >= 0.3 is 35.8 Å². The number of benzene rings is 6. The Kier molecular flexibility index (Phi) is 14.2. The molecule has 16 heteroatoms. The molecule has 3 heterocycles. The average Bonchev–Trinajstić information content (AvgIpc) is 3.41. The van der Waals surface area contributed by atoms with Gasteiger partial charge in [-0.25, -0.2) is 28.8 Å². The van der Waals surface area contributed by atoms with E-state index in [1.54, 1.807) is 109 Å². The molecule has 9 rings (SSSR count). The fourth-order valence-electron chi connectivity index (χ4n) is 8.11. The minimum Gasteiger partial charge on any atom is -0.452 e. The van der Waals surface area contributed by atoms with E-state index >= 15 is 0 Å². The minimum absolute atomic E-state index is 0.102. The van der Waals surface area contributed by atoms with Crippen LogP contribution >= 0.6 is 0 Å². The lowest BCUT2D eigenvalue weighted by atomic mass is 9.92. The molecular formula is C54H44O16. The van der Waals surface area contributed by atoms with Gasteiger partial charge in [0, 0.05) is 0 Å². The van der Waals surface area contributed by atoms with Gasteiger partial charge in [0.05, 0.1) is 46.6 Å². The monoisotopic (exact) mass is 948 g/mol. The van der Waals surface area contributed by atoms with Crippen molar-refractivity contribution in [1.82, 2.24) is 0 Å². The van der Waals surface area contributed by atoms with Crippen molar-refractivity contribution in [3.63, 3.8) is 0 Å². The lowest BCUT2D eigenvalue weighted by molar-refractivity contribution is -0.448. The van der Waals surface area contributed by atoms with Gasteiger partial charge in [0.25, 0.3) is 0 Å². The zero-order valence-electron chi connectivity index (χ0n) is 37.1. The maximum atomic E-state index is 14.1. The second-order valence-electron chi connectivity index (χ2n) is 16.3. The van der Waals surface area contributed by atoms with Gasteiger partial charge in [0.15, 0.2) is 36.6 Å². The molecule has 0 N–H and O–H groups in total. The van der Waals surface area contributed by atoms with Crippen molar-refractivity contribution in [3.8, 4) is 0 Å². The molecule has 0 saturated carbocycles. The quantitative estimate of drug-likeness (QED) is 0.0913. The third-order valence-corrected chi connectivity index (χ3v) is 11.7. The average molecular weight is 949 g/mol. The van der Waals surface area contributed by atoms with E-state index in [1.165, 1.54) is 72.8 Å². The van der Waals surface area contributed by atoms with E-state index in [0.717, 1.165) is 0 Å². The summed E-state index contributed by atoms with van der Waals surface area (Å²) in [6, 6.07) is 48.0. The summed E-state index contributed by atoms with van der Waals surface area (Å²) >= 11 is 0. The number of esters is 6. The first-order valence-electron chi connectivity index (χ1n) is 22.2. The lowest BCUT2D eigenvalue weighted by Crippen LogP contribution is -2.74. The van der Waals surface area contributed by atoms with Crippen LogP contribution < -0.4 is 0 Å². The summed E-state index contributed by atoms with van der Waals surface area (Å²) in [6.45, 7) is -2.37. The van der Waals surface area contributed by atoms with Gasteiger partial charge in [-0.05, 0) is 72.8 Å². The van der Waals surface area contributed by atoms with Gasteiger partial charge in [-0.2, -0.15) is 0 Å². The van der Waals surface area contributed by atoms with Gasteiger partial charge in [0.2, 0.25) is 11.6 Å². The summed E-state index contributed by atoms with van der Waals surface area (Å²) in [5.74, 6) is -9.41. The van der Waals surface area contributed by atoms with Gasteiger partial charge in [-0.3, -0.25) is 0 Å². The molecule has 0 unspecified atom stereocenters. The van der Waals surface area contributed by atoms with Gasteiger partial charge < -0.3 is 47.4 Å². The van der Waals surface area contributed by atoms with Crippen LogP contribution in [0, 0.1) is 0 Å². The second-order valence-corrected chi connectivity index (χ2v) is 16.3. The fourth-order valence-corrected chi connectivity index (χ4v) is 8.11. The molecule has 16 nitrogen and oxygen atoms in total. The first kappa shape index (κ1) is 47.1. The smallest absolute Gasteiger partial charge is 0.338 e. The highest BCUT2D eigenvalue weighted by Gasteiger charge is 2.66. The maximum absolute atomic E-state index is 14.1. The van der Waals surface area contributed by atoms with Crippen molar-refractivity contribution in [2.24, 2.45) is 0 Å². The maximum Gasteiger partial charge on any atom is 0.338 e. The van der Waals surface area contributed by atoms with Crippen LogP contribution in [0.15, 0.2) is 182 Å². The van der Waals surface area contributed by atoms with Crippen molar-refractivity contribution >= 4 is 35.8 Å². The highest BCUT2D eigenvalue weighted by Crippen LogP contribution is 2.44. The van der Waals surface area contributed by atoms with Crippen molar-refractivity contribution in [2.45, 2.75) is 48.2 Å². The molecule has 6 aromatic carbocycles. The zero-order valence-corrected chi connectivity index (χ0v) is 37.1. The highest BCUT2D eigenvalue weighted by atomic mass is 16.8.